The van der Waals surface area contributed by atoms with E-state index in [1.165, 1.54) is 36.4 Å². The average Bonchev–Trinajstić information content (AvgIpc) is 2.69. The number of rotatable bonds is 7. The highest BCUT2D eigenvalue weighted by Crippen LogP contribution is 2.38. The van der Waals surface area contributed by atoms with Gasteiger partial charge >= 0.3 is 6.18 Å². The van der Waals surface area contributed by atoms with Crippen LogP contribution in [0.15, 0.2) is 42.5 Å². The predicted molar refractivity (Wildman–Crippen MR) is 128 cm³/mol. The highest BCUT2D eigenvalue weighted by Gasteiger charge is 2.39. The molecule has 2 N–H and O–H groups in total. The average molecular weight is 549 g/mol. The lowest BCUT2D eigenvalue weighted by Gasteiger charge is -2.26. The molecule has 0 spiro atoms. The van der Waals surface area contributed by atoms with Gasteiger partial charge in [0, 0.05) is 15.6 Å². The van der Waals surface area contributed by atoms with Crippen LogP contribution in [0.25, 0.3) is 6.08 Å². The van der Waals surface area contributed by atoms with Crippen LogP contribution in [0, 0.1) is 6.92 Å². The number of benzene rings is 2. The summed E-state index contributed by atoms with van der Waals surface area (Å²) in [6.45, 7) is 1.27. The summed E-state index contributed by atoms with van der Waals surface area (Å²) in [5.41, 5.74) is 1.07. The second-order valence-corrected chi connectivity index (χ2v) is 11.2. The predicted octanol–water partition coefficient (Wildman–Crippen LogP) is 4.30. The second-order valence-electron chi connectivity index (χ2n) is 8.18. The Morgan fingerprint density at radius 2 is 1.74 bits per heavy atom. The molecule has 35 heavy (non-hydrogen) atoms. The number of nitrogens with one attached hydrogen (secondary N) is 2. The van der Waals surface area contributed by atoms with Gasteiger partial charge in [-0.1, -0.05) is 47.5 Å². The molecule has 2 amide bonds. The fraction of sp³-hybridized carbons (Fsp3) is 0.304. The van der Waals surface area contributed by atoms with E-state index in [2.05, 4.69) is 10.6 Å². The molecule has 188 valence electrons. The number of sulfone groups is 1. The van der Waals surface area contributed by atoms with Crippen molar-refractivity contribution in [3.63, 3.8) is 0 Å². The first-order valence-electron chi connectivity index (χ1n) is 10.3. The van der Waals surface area contributed by atoms with E-state index in [-0.39, 0.29) is 39.2 Å². The van der Waals surface area contributed by atoms with Crippen LogP contribution in [0.1, 0.15) is 33.0 Å². The highest BCUT2D eigenvalue weighted by molar-refractivity contribution is 7.92. The zero-order valence-electron chi connectivity index (χ0n) is 18.3. The molecule has 1 heterocycles. The van der Waals surface area contributed by atoms with Gasteiger partial charge in [-0.15, -0.1) is 0 Å². The molecule has 2 aromatic carbocycles. The lowest BCUT2D eigenvalue weighted by Crippen LogP contribution is -2.54. The summed E-state index contributed by atoms with van der Waals surface area (Å²) < 4.78 is 63.3. The lowest BCUT2D eigenvalue weighted by atomic mass is 9.96. The highest BCUT2D eigenvalue weighted by atomic mass is 35.5. The van der Waals surface area contributed by atoms with Gasteiger partial charge in [0.2, 0.25) is 5.91 Å². The van der Waals surface area contributed by atoms with E-state index in [4.69, 9.17) is 23.2 Å². The van der Waals surface area contributed by atoms with Crippen molar-refractivity contribution in [3.05, 3.63) is 74.8 Å². The Kier molecular flexibility index (Phi) is 8.18. The maximum absolute atomic E-state index is 13.7. The summed E-state index contributed by atoms with van der Waals surface area (Å²) in [6.07, 6.45) is -2.30. The number of alkyl halides is 3. The third-order valence-electron chi connectivity index (χ3n) is 5.26. The first-order chi connectivity index (χ1) is 16.2. The summed E-state index contributed by atoms with van der Waals surface area (Å²) in [7, 11) is -3.08. The van der Waals surface area contributed by atoms with E-state index >= 15 is 0 Å². The Morgan fingerprint density at radius 3 is 2.29 bits per heavy atom. The van der Waals surface area contributed by atoms with E-state index in [9.17, 15) is 31.2 Å². The molecule has 1 atom stereocenters. The minimum atomic E-state index is -4.58. The van der Waals surface area contributed by atoms with Gasteiger partial charge < -0.3 is 10.6 Å². The Hall–Kier alpha value is -2.56. The van der Waals surface area contributed by atoms with Gasteiger partial charge in [-0.25, -0.2) is 8.42 Å². The number of hydrogen-bond donors (Lipinski definition) is 2. The monoisotopic (exact) mass is 548 g/mol. The van der Waals surface area contributed by atoms with Crippen LogP contribution >= 0.6 is 23.2 Å². The summed E-state index contributed by atoms with van der Waals surface area (Å²) in [5.74, 6) is -3.25. The minimum Gasteiger partial charge on any atom is -0.350 e. The standard InChI is InChI=1S/C23H21Cl2F3N2O4S/c1-13-6-14(3-5-20(23(26,27)28)15-7-16(24)9-17(25)8-15)2-4-19(13)22(32)29-10-21(31)30-18-11-35(33,34)12-18/h2-9,18,20H,10-12H2,1H3,(H,29,32)(H,30,31). The lowest BCUT2D eigenvalue weighted by molar-refractivity contribution is -0.139. The van der Waals surface area contributed by atoms with E-state index in [0.29, 0.717) is 11.1 Å². The van der Waals surface area contributed by atoms with Crippen molar-refractivity contribution >= 4 is 50.9 Å². The Bertz CT molecular complexity index is 1250. The van der Waals surface area contributed by atoms with Crippen molar-refractivity contribution in [1.82, 2.24) is 10.6 Å². The van der Waals surface area contributed by atoms with Gasteiger partial charge in [0.15, 0.2) is 9.84 Å². The molecule has 6 nitrogen and oxygen atoms in total. The van der Waals surface area contributed by atoms with Crippen molar-refractivity contribution in [3.8, 4) is 0 Å². The van der Waals surface area contributed by atoms with Crippen molar-refractivity contribution in [2.45, 2.75) is 25.1 Å². The quantitative estimate of drug-likeness (QED) is 0.539. The SMILES string of the molecule is Cc1cc(C=CC(c2cc(Cl)cc(Cl)c2)C(F)(F)F)ccc1C(=O)NCC(=O)NC1CS(=O)(=O)C1. The molecule has 0 saturated carbocycles. The molecule has 1 saturated heterocycles. The molecule has 0 aromatic heterocycles. The molecule has 3 rings (SSSR count). The summed E-state index contributed by atoms with van der Waals surface area (Å²) in [4.78, 5) is 24.3. The van der Waals surface area contributed by atoms with Crippen LogP contribution in [-0.2, 0) is 14.6 Å². The third kappa shape index (κ3) is 7.46. The van der Waals surface area contributed by atoms with Crippen LogP contribution in [0.4, 0.5) is 13.2 Å². The minimum absolute atomic E-state index is 0.0905. The third-order valence-corrected chi connectivity index (χ3v) is 7.51. The van der Waals surface area contributed by atoms with Gasteiger partial charge in [0.1, 0.15) is 0 Å². The van der Waals surface area contributed by atoms with Crippen LogP contribution in [-0.4, -0.2) is 50.5 Å². The molecular formula is C23H21Cl2F3N2O4S. The van der Waals surface area contributed by atoms with E-state index < -0.39 is 39.8 Å². The van der Waals surface area contributed by atoms with Gasteiger partial charge in [0.25, 0.3) is 5.91 Å². The van der Waals surface area contributed by atoms with Gasteiger partial charge in [0.05, 0.1) is 30.0 Å². The molecule has 0 bridgehead atoms. The van der Waals surface area contributed by atoms with Crippen molar-refractivity contribution in [2.24, 2.45) is 0 Å². The number of aryl methyl sites for hydroxylation is 1. The Balaban J connectivity index is 1.66. The number of amides is 2. The summed E-state index contributed by atoms with van der Waals surface area (Å²) in [6, 6.07) is 7.76. The van der Waals surface area contributed by atoms with Crippen molar-refractivity contribution in [2.75, 3.05) is 18.1 Å². The van der Waals surface area contributed by atoms with E-state index in [1.54, 1.807) is 13.0 Å². The van der Waals surface area contributed by atoms with Crippen LogP contribution in [0.2, 0.25) is 10.0 Å². The molecule has 0 radical (unpaired) electrons. The van der Waals surface area contributed by atoms with E-state index in [0.717, 1.165) is 6.08 Å². The fourth-order valence-corrected chi connectivity index (χ4v) is 5.44. The Morgan fingerprint density at radius 1 is 1.11 bits per heavy atom. The first kappa shape index (κ1) is 27.0. The molecule has 1 unspecified atom stereocenters. The molecule has 0 aliphatic carbocycles. The molecule has 1 fully saturated rings. The fourth-order valence-electron chi connectivity index (χ4n) is 3.60. The number of carbonyl (C=O) groups excluding carboxylic acids is 2. The summed E-state index contributed by atoms with van der Waals surface area (Å²) in [5, 5.41) is 5.14. The summed E-state index contributed by atoms with van der Waals surface area (Å²) >= 11 is 11.7. The largest absolute Gasteiger partial charge is 0.399 e. The van der Waals surface area contributed by atoms with Gasteiger partial charge in [-0.05, 0) is 47.9 Å². The number of hydrogen-bond acceptors (Lipinski definition) is 4. The number of carbonyl (C=O) groups is 2. The van der Waals surface area contributed by atoms with E-state index in [1.807, 2.05) is 0 Å². The number of allylic oxidation sites excluding steroid dienone is 1. The topological polar surface area (TPSA) is 92.3 Å². The van der Waals surface area contributed by atoms with Crippen LogP contribution < -0.4 is 10.6 Å². The van der Waals surface area contributed by atoms with Crippen LogP contribution in [0.5, 0.6) is 0 Å². The van der Waals surface area contributed by atoms with Crippen molar-refractivity contribution < 1.29 is 31.2 Å². The van der Waals surface area contributed by atoms with Gasteiger partial charge in [-0.2, -0.15) is 13.2 Å². The molecule has 12 heteroatoms. The molecule has 1 aliphatic heterocycles. The maximum atomic E-state index is 13.7. The maximum Gasteiger partial charge on any atom is 0.399 e. The molecule has 2 aromatic rings. The normalized spacial score (nSPS) is 16.5. The number of halogens is 5. The zero-order valence-corrected chi connectivity index (χ0v) is 20.7. The van der Waals surface area contributed by atoms with Crippen molar-refractivity contribution in [1.29, 1.82) is 0 Å². The molecule has 1 aliphatic rings. The second kappa shape index (κ2) is 10.6. The Labute approximate surface area is 210 Å². The van der Waals surface area contributed by atoms with Gasteiger partial charge in [-0.3, -0.25) is 9.59 Å². The first-order valence-corrected chi connectivity index (χ1v) is 12.9. The smallest absolute Gasteiger partial charge is 0.350 e. The van der Waals surface area contributed by atoms with Crippen LogP contribution in [0.3, 0.4) is 0 Å². The zero-order chi connectivity index (χ0) is 26.0. The molecular weight excluding hydrogens is 528 g/mol.